The van der Waals surface area contributed by atoms with Crippen molar-refractivity contribution in [3.8, 4) is 0 Å². The minimum absolute atomic E-state index is 0.575. The van der Waals surface area contributed by atoms with Crippen molar-refractivity contribution in [2.45, 2.75) is 45.3 Å². The van der Waals surface area contributed by atoms with E-state index in [0.29, 0.717) is 12.6 Å². The Balaban J connectivity index is 2.19. The second-order valence-corrected chi connectivity index (χ2v) is 7.15. The first-order valence-corrected chi connectivity index (χ1v) is 8.49. The first-order valence-electron chi connectivity index (χ1n) is 7.10. The maximum Gasteiger partial charge on any atom is 0.0833 e. The van der Waals surface area contributed by atoms with Crippen LogP contribution in [0.2, 0.25) is 0 Å². The van der Waals surface area contributed by atoms with Crippen molar-refractivity contribution in [3.63, 3.8) is 0 Å². The molecule has 4 heteroatoms. The van der Waals surface area contributed by atoms with Crippen molar-refractivity contribution in [2.75, 3.05) is 38.2 Å². The Hall–Kier alpha value is 0.230. The zero-order chi connectivity index (χ0) is 13.6. The van der Waals surface area contributed by atoms with Gasteiger partial charge in [-0.1, -0.05) is 13.8 Å². The van der Waals surface area contributed by atoms with Gasteiger partial charge in [-0.2, -0.15) is 11.8 Å². The summed E-state index contributed by atoms with van der Waals surface area (Å²) in [5.41, 5.74) is -0.575. The van der Waals surface area contributed by atoms with E-state index in [1.165, 1.54) is 32.5 Å². The highest BCUT2D eigenvalue weighted by atomic mass is 32.2. The van der Waals surface area contributed by atoms with Crippen LogP contribution in [0.3, 0.4) is 0 Å². The maximum atomic E-state index is 10.1. The van der Waals surface area contributed by atoms with Crippen LogP contribution < -0.4 is 5.32 Å². The van der Waals surface area contributed by atoms with Crippen molar-refractivity contribution in [1.82, 2.24) is 10.2 Å². The summed E-state index contributed by atoms with van der Waals surface area (Å²) in [5, 5.41) is 13.7. The van der Waals surface area contributed by atoms with Crippen LogP contribution in [-0.2, 0) is 0 Å². The van der Waals surface area contributed by atoms with Gasteiger partial charge in [-0.05, 0) is 45.0 Å². The van der Waals surface area contributed by atoms with E-state index in [2.05, 4.69) is 24.1 Å². The van der Waals surface area contributed by atoms with Crippen LogP contribution in [0.5, 0.6) is 0 Å². The second-order valence-electron chi connectivity index (χ2n) is 6.28. The normalized spacial score (nSPS) is 22.3. The van der Waals surface area contributed by atoms with E-state index < -0.39 is 5.60 Å². The van der Waals surface area contributed by atoms with Crippen LogP contribution in [-0.4, -0.2) is 59.8 Å². The van der Waals surface area contributed by atoms with Gasteiger partial charge in [0.1, 0.15) is 0 Å². The van der Waals surface area contributed by atoms with Gasteiger partial charge in [0.05, 0.1) is 5.60 Å². The fourth-order valence-corrected chi connectivity index (χ4v) is 3.29. The molecule has 1 saturated heterocycles. The third kappa shape index (κ3) is 6.41. The molecule has 0 aromatic heterocycles. The van der Waals surface area contributed by atoms with Crippen molar-refractivity contribution < 1.29 is 5.11 Å². The van der Waals surface area contributed by atoms with E-state index in [1.54, 1.807) is 11.8 Å². The molecule has 18 heavy (non-hydrogen) atoms. The molecule has 0 saturated carbocycles. The van der Waals surface area contributed by atoms with Crippen molar-refractivity contribution >= 4 is 11.8 Å². The summed E-state index contributed by atoms with van der Waals surface area (Å²) in [7, 11) is 0. The first-order chi connectivity index (χ1) is 8.43. The summed E-state index contributed by atoms with van der Waals surface area (Å²) in [6.07, 6.45) is 4.46. The number of hydrogen-bond donors (Lipinski definition) is 2. The van der Waals surface area contributed by atoms with E-state index in [1.807, 2.05) is 13.2 Å². The zero-order valence-electron chi connectivity index (χ0n) is 12.4. The molecule has 0 amide bonds. The number of rotatable bonds is 7. The van der Waals surface area contributed by atoms with Gasteiger partial charge in [0.2, 0.25) is 0 Å². The molecule has 1 heterocycles. The lowest BCUT2D eigenvalue weighted by Crippen LogP contribution is -2.48. The SMILES string of the molecule is CSCC(C)(O)CNC1CCN(CC(C)C)CC1. The number of piperidine rings is 1. The molecule has 1 unspecified atom stereocenters. The van der Waals surface area contributed by atoms with E-state index in [9.17, 15) is 5.11 Å². The Kier molecular flexibility index (Phi) is 6.99. The van der Waals surface area contributed by atoms with Gasteiger partial charge < -0.3 is 15.3 Å². The average molecular weight is 274 g/mol. The molecule has 0 bridgehead atoms. The number of hydrogen-bond acceptors (Lipinski definition) is 4. The molecule has 1 fully saturated rings. The molecule has 1 aliphatic rings. The number of likely N-dealkylation sites (tertiary alicyclic amines) is 1. The van der Waals surface area contributed by atoms with Crippen molar-refractivity contribution in [2.24, 2.45) is 5.92 Å². The first kappa shape index (κ1) is 16.3. The highest BCUT2D eigenvalue weighted by Crippen LogP contribution is 2.14. The van der Waals surface area contributed by atoms with Crippen LogP contribution >= 0.6 is 11.8 Å². The molecule has 0 spiro atoms. The molecular formula is C14H30N2OS. The molecule has 1 rings (SSSR count). The number of thioether (sulfide) groups is 1. The fraction of sp³-hybridized carbons (Fsp3) is 1.00. The molecule has 0 aromatic carbocycles. The number of aliphatic hydroxyl groups is 1. The lowest BCUT2D eigenvalue weighted by molar-refractivity contribution is 0.0759. The van der Waals surface area contributed by atoms with Gasteiger partial charge in [-0.3, -0.25) is 0 Å². The summed E-state index contributed by atoms with van der Waals surface area (Å²) in [5.74, 6) is 1.56. The monoisotopic (exact) mass is 274 g/mol. The molecular weight excluding hydrogens is 244 g/mol. The Morgan fingerprint density at radius 2 is 2.00 bits per heavy atom. The van der Waals surface area contributed by atoms with Gasteiger partial charge in [0.15, 0.2) is 0 Å². The minimum atomic E-state index is -0.575. The third-order valence-electron chi connectivity index (χ3n) is 3.44. The molecule has 1 aliphatic heterocycles. The standard InChI is InChI=1S/C14H30N2OS/c1-12(2)9-16-7-5-13(6-8-16)15-10-14(3,17)11-18-4/h12-13,15,17H,5-11H2,1-4H3. The predicted molar refractivity (Wildman–Crippen MR) is 81.3 cm³/mol. The summed E-state index contributed by atoms with van der Waals surface area (Å²) < 4.78 is 0. The zero-order valence-corrected chi connectivity index (χ0v) is 13.2. The third-order valence-corrected chi connectivity index (χ3v) is 4.35. The molecule has 3 nitrogen and oxygen atoms in total. The van der Waals surface area contributed by atoms with Crippen LogP contribution in [0.1, 0.15) is 33.6 Å². The fourth-order valence-electron chi connectivity index (χ4n) is 2.56. The quantitative estimate of drug-likeness (QED) is 0.742. The largest absolute Gasteiger partial charge is 0.388 e. The molecule has 1 atom stereocenters. The Morgan fingerprint density at radius 1 is 1.39 bits per heavy atom. The van der Waals surface area contributed by atoms with Gasteiger partial charge in [-0.15, -0.1) is 0 Å². The smallest absolute Gasteiger partial charge is 0.0833 e. The Bertz CT molecular complexity index is 226. The van der Waals surface area contributed by atoms with Gasteiger partial charge >= 0.3 is 0 Å². The molecule has 108 valence electrons. The summed E-state index contributed by atoms with van der Waals surface area (Å²) >= 11 is 1.70. The highest BCUT2D eigenvalue weighted by Gasteiger charge is 2.24. The van der Waals surface area contributed by atoms with Gasteiger partial charge in [0, 0.05) is 24.9 Å². The molecule has 0 aromatic rings. The van der Waals surface area contributed by atoms with Crippen LogP contribution in [0.4, 0.5) is 0 Å². The highest BCUT2D eigenvalue weighted by molar-refractivity contribution is 7.98. The average Bonchev–Trinajstić information content (AvgIpc) is 2.27. The molecule has 2 N–H and O–H groups in total. The van der Waals surface area contributed by atoms with Gasteiger partial charge in [-0.25, -0.2) is 0 Å². The van der Waals surface area contributed by atoms with Crippen molar-refractivity contribution in [3.05, 3.63) is 0 Å². The van der Waals surface area contributed by atoms with Crippen molar-refractivity contribution in [1.29, 1.82) is 0 Å². The predicted octanol–water partition coefficient (Wildman–Crippen LogP) is 1.81. The summed E-state index contributed by atoms with van der Waals surface area (Å²) in [6.45, 7) is 10.8. The summed E-state index contributed by atoms with van der Waals surface area (Å²) in [6, 6.07) is 0.585. The molecule has 0 radical (unpaired) electrons. The van der Waals surface area contributed by atoms with E-state index >= 15 is 0 Å². The number of nitrogens with zero attached hydrogens (tertiary/aromatic N) is 1. The second kappa shape index (κ2) is 7.73. The minimum Gasteiger partial charge on any atom is -0.388 e. The lowest BCUT2D eigenvalue weighted by atomic mass is 10.0. The maximum absolute atomic E-state index is 10.1. The molecule has 0 aliphatic carbocycles. The van der Waals surface area contributed by atoms with Crippen LogP contribution in [0.15, 0.2) is 0 Å². The summed E-state index contributed by atoms with van der Waals surface area (Å²) in [4.78, 5) is 2.56. The van der Waals surface area contributed by atoms with E-state index in [0.717, 1.165) is 11.7 Å². The van der Waals surface area contributed by atoms with E-state index in [4.69, 9.17) is 0 Å². The topological polar surface area (TPSA) is 35.5 Å². The Morgan fingerprint density at radius 3 is 2.50 bits per heavy atom. The number of nitrogens with one attached hydrogen (secondary N) is 1. The van der Waals surface area contributed by atoms with Crippen LogP contribution in [0.25, 0.3) is 0 Å². The van der Waals surface area contributed by atoms with E-state index in [-0.39, 0.29) is 0 Å². The lowest BCUT2D eigenvalue weighted by Gasteiger charge is -2.35. The van der Waals surface area contributed by atoms with Gasteiger partial charge in [0.25, 0.3) is 0 Å². The van der Waals surface area contributed by atoms with Crippen LogP contribution in [0, 0.1) is 5.92 Å². The Labute approximate surface area is 117 Å².